The van der Waals surface area contributed by atoms with Crippen molar-refractivity contribution < 1.29 is 5.11 Å². The average molecular weight is 209 g/mol. The van der Waals surface area contributed by atoms with Crippen molar-refractivity contribution in [1.82, 2.24) is 4.90 Å². The largest absolute Gasteiger partial charge is 0.399 e. The Morgan fingerprint density at radius 1 is 1.33 bits per heavy atom. The van der Waals surface area contributed by atoms with Gasteiger partial charge in [0.1, 0.15) is 0 Å². The summed E-state index contributed by atoms with van der Waals surface area (Å²) < 4.78 is 0. The number of nitrogen functional groups attached to an aromatic ring is 2. The first-order valence-electron chi connectivity index (χ1n) is 5.14. The maximum atomic E-state index is 8.87. The molecular formula is C11H19N3O. The summed E-state index contributed by atoms with van der Waals surface area (Å²) in [5.41, 5.74) is 14.0. The molecule has 0 aliphatic rings. The summed E-state index contributed by atoms with van der Waals surface area (Å²) in [5, 5.41) is 8.87. The minimum absolute atomic E-state index is 0.163. The molecule has 4 heteroatoms. The van der Waals surface area contributed by atoms with Crippen molar-refractivity contribution in [3.63, 3.8) is 0 Å². The minimum Gasteiger partial charge on any atom is -0.399 e. The summed E-state index contributed by atoms with van der Waals surface area (Å²) in [6, 6.07) is 5.49. The lowest BCUT2D eigenvalue weighted by Crippen LogP contribution is -2.26. The van der Waals surface area contributed by atoms with E-state index in [0.717, 1.165) is 30.0 Å². The third-order valence-corrected chi connectivity index (χ3v) is 2.42. The molecule has 1 aromatic carbocycles. The van der Waals surface area contributed by atoms with Gasteiger partial charge in [0.05, 0.1) is 6.61 Å². The van der Waals surface area contributed by atoms with Crippen LogP contribution in [0.3, 0.4) is 0 Å². The van der Waals surface area contributed by atoms with Crippen molar-refractivity contribution in [3.8, 4) is 0 Å². The highest BCUT2D eigenvalue weighted by molar-refractivity contribution is 5.55. The molecule has 0 heterocycles. The number of aliphatic hydroxyl groups excluding tert-OH is 1. The molecule has 1 rings (SSSR count). The van der Waals surface area contributed by atoms with E-state index in [1.807, 2.05) is 12.1 Å². The van der Waals surface area contributed by atoms with E-state index in [-0.39, 0.29) is 6.61 Å². The molecule has 0 saturated carbocycles. The lowest BCUT2D eigenvalue weighted by Gasteiger charge is -2.20. The second kappa shape index (κ2) is 5.58. The van der Waals surface area contributed by atoms with Gasteiger partial charge in [0.2, 0.25) is 0 Å². The van der Waals surface area contributed by atoms with Crippen LogP contribution in [0.15, 0.2) is 18.2 Å². The molecule has 0 radical (unpaired) electrons. The van der Waals surface area contributed by atoms with Gasteiger partial charge in [0.15, 0.2) is 0 Å². The van der Waals surface area contributed by atoms with E-state index in [4.69, 9.17) is 16.6 Å². The van der Waals surface area contributed by atoms with Crippen LogP contribution in [-0.4, -0.2) is 29.7 Å². The highest BCUT2D eigenvalue weighted by atomic mass is 16.3. The summed E-state index contributed by atoms with van der Waals surface area (Å²) in [5.74, 6) is 0. The molecule has 84 valence electrons. The molecule has 0 unspecified atom stereocenters. The predicted molar refractivity (Wildman–Crippen MR) is 63.3 cm³/mol. The molecule has 0 saturated heterocycles. The van der Waals surface area contributed by atoms with Crippen LogP contribution in [-0.2, 0) is 6.54 Å². The lowest BCUT2D eigenvalue weighted by molar-refractivity contribution is 0.197. The van der Waals surface area contributed by atoms with Crippen molar-refractivity contribution in [2.45, 2.75) is 13.5 Å². The fourth-order valence-electron chi connectivity index (χ4n) is 1.49. The molecule has 0 aliphatic heterocycles. The van der Waals surface area contributed by atoms with Crippen LogP contribution >= 0.6 is 0 Å². The zero-order valence-electron chi connectivity index (χ0n) is 9.11. The minimum atomic E-state index is 0.163. The lowest BCUT2D eigenvalue weighted by atomic mass is 10.1. The van der Waals surface area contributed by atoms with E-state index in [1.54, 1.807) is 6.07 Å². The number of benzene rings is 1. The smallest absolute Gasteiger partial charge is 0.0558 e. The SMILES string of the molecule is CCN(CCO)Cc1cc(N)ccc1N. The topological polar surface area (TPSA) is 75.5 Å². The molecule has 15 heavy (non-hydrogen) atoms. The Morgan fingerprint density at radius 2 is 2.07 bits per heavy atom. The number of aliphatic hydroxyl groups is 1. The van der Waals surface area contributed by atoms with E-state index in [9.17, 15) is 0 Å². The van der Waals surface area contributed by atoms with Crippen LogP contribution in [0.5, 0.6) is 0 Å². The van der Waals surface area contributed by atoms with Crippen LogP contribution in [0, 0.1) is 0 Å². The van der Waals surface area contributed by atoms with Gasteiger partial charge in [-0.25, -0.2) is 0 Å². The van der Waals surface area contributed by atoms with E-state index < -0.39 is 0 Å². The number of likely N-dealkylation sites (N-methyl/N-ethyl adjacent to an activating group) is 1. The van der Waals surface area contributed by atoms with Gasteiger partial charge in [-0.1, -0.05) is 6.92 Å². The Hall–Kier alpha value is -1.26. The Kier molecular flexibility index (Phi) is 4.39. The molecule has 0 aromatic heterocycles. The monoisotopic (exact) mass is 209 g/mol. The second-order valence-corrected chi connectivity index (χ2v) is 3.55. The van der Waals surface area contributed by atoms with Crippen molar-refractivity contribution in [3.05, 3.63) is 23.8 Å². The number of hydrogen-bond acceptors (Lipinski definition) is 4. The summed E-state index contributed by atoms with van der Waals surface area (Å²) in [4.78, 5) is 2.12. The summed E-state index contributed by atoms with van der Waals surface area (Å²) in [6.45, 7) is 4.49. The van der Waals surface area contributed by atoms with Crippen LogP contribution in [0.1, 0.15) is 12.5 Å². The quantitative estimate of drug-likeness (QED) is 0.623. The Bertz CT molecular complexity index is 315. The first-order valence-corrected chi connectivity index (χ1v) is 5.14. The van der Waals surface area contributed by atoms with Gasteiger partial charge in [-0.2, -0.15) is 0 Å². The van der Waals surface area contributed by atoms with Gasteiger partial charge in [-0.15, -0.1) is 0 Å². The van der Waals surface area contributed by atoms with Crippen LogP contribution in [0.4, 0.5) is 11.4 Å². The Balaban J connectivity index is 2.73. The summed E-state index contributed by atoms with van der Waals surface area (Å²) >= 11 is 0. The number of nitrogens with two attached hydrogens (primary N) is 2. The Labute approximate surface area is 90.5 Å². The highest BCUT2D eigenvalue weighted by Gasteiger charge is 2.05. The maximum absolute atomic E-state index is 8.87. The summed E-state index contributed by atoms with van der Waals surface area (Å²) in [7, 11) is 0. The van der Waals surface area contributed by atoms with Crippen LogP contribution in [0.2, 0.25) is 0 Å². The van der Waals surface area contributed by atoms with E-state index >= 15 is 0 Å². The molecule has 0 atom stereocenters. The molecule has 4 nitrogen and oxygen atoms in total. The van der Waals surface area contributed by atoms with Gasteiger partial charge in [-0.3, -0.25) is 4.90 Å². The van der Waals surface area contributed by atoms with Crippen molar-refractivity contribution in [1.29, 1.82) is 0 Å². The number of hydrogen-bond donors (Lipinski definition) is 3. The molecule has 0 spiro atoms. The molecule has 0 aliphatic carbocycles. The van der Waals surface area contributed by atoms with Gasteiger partial charge < -0.3 is 16.6 Å². The van der Waals surface area contributed by atoms with E-state index in [2.05, 4.69) is 11.8 Å². The molecule has 1 aromatic rings. The zero-order valence-corrected chi connectivity index (χ0v) is 9.11. The van der Waals surface area contributed by atoms with Crippen molar-refractivity contribution in [2.24, 2.45) is 0 Å². The molecular weight excluding hydrogens is 190 g/mol. The summed E-state index contributed by atoms with van der Waals surface area (Å²) in [6.07, 6.45) is 0. The van der Waals surface area contributed by atoms with Gasteiger partial charge in [-0.05, 0) is 30.3 Å². The van der Waals surface area contributed by atoms with Gasteiger partial charge in [0.25, 0.3) is 0 Å². The van der Waals surface area contributed by atoms with E-state index in [1.165, 1.54) is 0 Å². The zero-order chi connectivity index (χ0) is 11.3. The standard InChI is InChI=1S/C11H19N3O/c1-2-14(5-6-15)8-9-7-10(12)3-4-11(9)13/h3-4,7,15H,2,5-6,8,12-13H2,1H3. The van der Waals surface area contributed by atoms with Crippen LogP contribution in [0.25, 0.3) is 0 Å². The van der Waals surface area contributed by atoms with Crippen molar-refractivity contribution in [2.75, 3.05) is 31.2 Å². The maximum Gasteiger partial charge on any atom is 0.0558 e. The number of rotatable bonds is 5. The second-order valence-electron chi connectivity index (χ2n) is 3.55. The fourth-order valence-corrected chi connectivity index (χ4v) is 1.49. The predicted octanol–water partition coefficient (Wildman–Crippen LogP) is 0.665. The molecule has 0 fully saturated rings. The highest BCUT2D eigenvalue weighted by Crippen LogP contribution is 2.17. The third kappa shape index (κ3) is 3.42. The fraction of sp³-hybridized carbons (Fsp3) is 0.455. The van der Waals surface area contributed by atoms with E-state index in [0.29, 0.717) is 6.54 Å². The number of anilines is 2. The Morgan fingerprint density at radius 3 is 2.67 bits per heavy atom. The van der Waals surface area contributed by atoms with Crippen molar-refractivity contribution >= 4 is 11.4 Å². The van der Waals surface area contributed by atoms with Gasteiger partial charge >= 0.3 is 0 Å². The average Bonchev–Trinajstić information content (AvgIpc) is 2.22. The molecule has 5 N–H and O–H groups in total. The number of nitrogens with zero attached hydrogens (tertiary/aromatic N) is 1. The first kappa shape index (κ1) is 11.8. The van der Waals surface area contributed by atoms with Crippen LogP contribution < -0.4 is 11.5 Å². The first-order chi connectivity index (χ1) is 7.17. The normalized spacial score (nSPS) is 10.9. The molecule has 0 bridgehead atoms. The molecule has 0 amide bonds. The third-order valence-electron chi connectivity index (χ3n) is 2.42. The van der Waals surface area contributed by atoms with Gasteiger partial charge in [0, 0.05) is 24.5 Å².